The molecule has 0 fully saturated rings. The van der Waals surface area contributed by atoms with Crippen molar-refractivity contribution in [3.05, 3.63) is 53.2 Å². The van der Waals surface area contributed by atoms with Gasteiger partial charge in [0, 0.05) is 11.6 Å². The molecule has 6 heteroatoms. The van der Waals surface area contributed by atoms with Crippen molar-refractivity contribution in [1.82, 2.24) is 4.98 Å². The Labute approximate surface area is 124 Å². The van der Waals surface area contributed by atoms with Crippen LogP contribution in [-0.4, -0.2) is 10.2 Å². The summed E-state index contributed by atoms with van der Waals surface area (Å²) < 4.78 is 0.893. The van der Waals surface area contributed by atoms with Crippen molar-refractivity contribution in [3.63, 3.8) is 0 Å². The van der Waals surface area contributed by atoms with E-state index in [0.29, 0.717) is 11.1 Å². The van der Waals surface area contributed by atoms with E-state index in [1.165, 1.54) is 11.3 Å². The Bertz CT molecular complexity index is 822. The third kappa shape index (κ3) is 2.51. The molecule has 0 aliphatic carbocycles. The number of thiazole rings is 1. The molecule has 0 bridgehead atoms. The Balaban J connectivity index is 2.22. The highest BCUT2D eigenvalue weighted by Crippen LogP contribution is 2.33. The molecule has 0 radical (unpaired) electrons. The van der Waals surface area contributed by atoms with Crippen LogP contribution in [0.1, 0.15) is 5.56 Å². The fourth-order valence-corrected chi connectivity index (χ4v) is 3.21. The second-order valence-electron chi connectivity index (χ2n) is 4.46. The lowest BCUT2D eigenvalue weighted by molar-refractivity contribution is -0.991. The van der Waals surface area contributed by atoms with Gasteiger partial charge in [-0.1, -0.05) is 30.3 Å². The van der Waals surface area contributed by atoms with Gasteiger partial charge in [0.25, 0.3) is 0 Å². The van der Waals surface area contributed by atoms with Gasteiger partial charge in [-0.15, -0.1) is 11.3 Å². The van der Waals surface area contributed by atoms with Crippen LogP contribution in [0.15, 0.2) is 42.5 Å². The van der Waals surface area contributed by atoms with Crippen LogP contribution in [0.3, 0.4) is 0 Å². The maximum Gasteiger partial charge on any atom is 0.170 e. The summed E-state index contributed by atoms with van der Waals surface area (Å²) in [4.78, 5) is 4.55. The van der Waals surface area contributed by atoms with E-state index in [9.17, 15) is 10.4 Å². The third-order valence-electron chi connectivity index (χ3n) is 3.17. The third-order valence-corrected chi connectivity index (χ3v) is 4.24. The Morgan fingerprint density at radius 3 is 2.67 bits per heavy atom. The Morgan fingerprint density at radius 1 is 1.24 bits per heavy atom. The van der Waals surface area contributed by atoms with Gasteiger partial charge in [0.1, 0.15) is 5.01 Å². The minimum Gasteiger partial charge on any atom is -0.595 e. The highest BCUT2D eigenvalue weighted by molar-refractivity contribution is 7.21. The summed E-state index contributed by atoms with van der Waals surface area (Å²) in [6.45, 7) is 0. The van der Waals surface area contributed by atoms with E-state index < -0.39 is 5.23 Å². The van der Waals surface area contributed by atoms with E-state index in [1.54, 1.807) is 12.1 Å². The quantitative estimate of drug-likeness (QED) is 0.727. The van der Waals surface area contributed by atoms with Crippen LogP contribution in [0.5, 0.6) is 0 Å². The molecule has 1 heterocycles. The number of benzene rings is 2. The topological polar surface area (TPSA) is 84.4 Å². The predicted octanol–water partition coefficient (Wildman–Crippen LogP) is 2.43. The minimum atomic E-state index is -1.03. The van der Waals surface area contributed by atoms with Crippen LogP contribution in [0.2, 0.25) is 0 Å². The smallest absolute Gasteiger partial charge is 0.170 e. The summed E-state index contributed by atoms with van der Waals surface area (Å²) in [7, 11) is 0. The highest BCUT2D eigenvalue weighted by Gasteiger charge is 2.17. The van der Waals surface area contributed by atoms with Crippen molar-refractivity contribution in [1.29, 1.82) is 5.26 Å². The Morgan fingerprint density at radius 2 is 2.00 bits per heavy atom. The highest BCUT2D eigenvalue weighted by atomic mass is 32.1. The first kappa shape index (κ1) is 13.7. The fourth-order valence-electron chi connectivity index (χ4n) is 2.21. The maximum atomic E-state index is 11.3. The van der Waals surface area contributed by atoms with Crippen LogP contribution >= 0.6 is 11.3 Å². The molecule has 1 aromatic heterocycles. The number of fused-ring (bicyclic) bond motifs is 1. The van der Waals surface area contributed by atoms with Gasteiger partial charge >= 0.3 is 0 Å². The van der Waals surface area contributed by atoms with Gasteiger partial charge in [0.15, 0.2) is 5.69 Å². The van der Waals surface area contributed by atoms with E-state index >= 15 is 0 Å². The van der Waals surface area contributed by atoms with Crippen molar-refractivity contribution in [2.45, 2.75) is 6.42 Å². The molecule has 0 saturated carbocycles. The van der Waals surface area contributed by atoms with Gasteiger partial charge in [-0.25, -0.2) is 10.2 Å². The molecule has 0 spiro atoms. The standard InChI is InChI=1S/C15H11N3O2S/c16-9-8-11-12(18(19)20)6-7-13-14(11)17-15(21-13)10-4-2-1-3-5-10/h1-7,18-19H,8H2. The molecule has 3 rings (SSSR count). The lowest BCUT2D eigenvalue weighted by atomic mass is 10.1. The molecule has 0 saturated heterocycles. The molecule has 1 unspecified atom stereocenters. The molecule has 21 heavy (non-hydrogen) atoms. The summed E-state index contributed by atoms with van der Waals surface area (Å²) >= 11 is 1.50. The lowest BCUT2D eigenvalue weighted by Gasteiger charge is -2.14. The van der Waals surface area contributed by atoms with Gasteiger partial charge in [0.2, 0.25) is 0 Å². The number of nitrogens with zero attached hydrogens (tertiary/aromatic N) is 2. The first-order valence-electron chi connectivity index (χ1n) is 6.29. The molecular weight excluding hydrogens is 286 g/mol. The van der Waals surface area contributed by atoms with Gasteiger partial charge in [-0.05, 0) is 6.07 Å². The maximum absolute atomic E-state index is 11.3. The zero-order chi connectivity index (χ0) is 14.8. The normalized spacial score (nSPS) is 12.2. The molecule has 2 aromatic carbocycles. The predicted molar refractivity (Wildman–Crippen MR) is 80.1 cm³/mol. The van der Waals surface area contributed by atoms with Gasteiger partial charge in [-0.2, -0.15) is 10.5 Å². The first-order valence-corrected chi connectivity index (χ1v) is 7.10. The molecule has 1 atom stereocenters. The summed E-state index contributed by atoms with van der Waals surface area (Å²) in [6.07, 6.45) is 0.0386. The monoisotopic (exact) mass is 297 g/mol. The minimum absolute atomic E-state index is 0.0386. The van der Waals surface area contributed by atoms with Crippen molar-refractivity contribution in [2.24, 2.45) is 0 Å². The summed E-state index contributed by atoms with van der Waals surface area (Å²) in [5.74, 6) is 0. The number of nitrogens with one attached hydrogen (secondary N) is 1. The second kappa shape index (κ2) is 5.60. The van der Waals surface area contributed by atoms with Crippen LogP contribution < -0.4 is 5.23 Å². The summed E-state index contributed by atoms with van der Waals surface area (Å²) in [5, 5.41) is 29.3. The average Bonchev–Trinajstić information content (AvgIpc) is 2.93. The van der Waals surface area contributed by atoms with Crippen LogP contribution in [0.4, 0.5) is 5.69 Å². The molecule has 3 aromatic rings. The molecule has 0 amide bonds. The van der Waals surface area contributed by atoms with Crippen molar-refractivity contribution < 1.29 is 10.4 Å². The van der Waals surface area contributed by atoms with Gasteiger partial charge < -0.3 is 5.21 Å². The number of hydrogen-bond donors (Lipinski definition) is 2. The van der Waals surface area contributed by atoms with Crippen molar-refractivity contribution >= 4 is 27.2 Å². The van der Waals surface area contributed by atoms with E-state index in [2.05, 4.69) is 4.98 Å². The fraction of sp³-hybridized carbons (Fsp3) is 0.0667. The van der Waals surface area contributed by atoms with Gasteiger partial charge in [-0.3, -0.25) is 0 Å². The zero-order valence-corrected chi connectivity index (χ0v) is 11.7. The van der Waals surface area contributed by atoms with Crippen LogP contribution in [0.25, 0.3) is 20.8 Å². The molecule has 104 valence electrons. The molecule has 5 nitrogen and oxygen atoms in total. The molecule has 0 aliphatic heterocycles. The summed E-state index contributed by atoms with van der Waals surface area (Å²) in [6, 6.07) is 15.0. The Kier molecular flexibility index (Phi) is 3.64. The first-order chi connectivity index (χ1) is 10.2. The number of rotatable bonds is 3. The van der Waals surface area contributed by atoms with E-state index in [4.69, 9.17) is 5.26 Å². The number of quaternary nitrogens is 1. The van der Waals surface area contributed by atoms with E-state index in [1.807, 2.05) is 36.4 Å². The molecule has 0 aliphatic rings. The van der Waals surface area contributed by atoms with Crippen molar-refractivity contribution in [3.8, 4) is 16.6 Å². The molecular formula is C15H11N3O2S. The second-order valence-corrected chi connectivity index (χ2v) is 5.49. The largest absolute Gasteiger partial charge is 0.595 e. The lowest BCUT2D eigenvalue weighted by Crippen LogP contribution is -2.99. The number of nitriles is 1. The van der Waals surface area contributed by atoms with Crippen molar-refractivity contribution in [2.75, 3.05) is 0 Å². The SMILES string of the molecule is N#CCc1c([NH+]([O-])O)ccc2sc(-c3ccccc3)nc12. The van der Waals surface area contributed by atoms with E-state index in [-0.39, 0.29) is 12.1 Å². The summed E-state index contributed by atoms with van der Waals surface area (Å²) in [5.41, 5.74) is 2.23. The number of aromatic nitrogens is 1. The number of hydrogen-bond acceptors (Lipinski definition) is 5. The van der Waals surface area contributed by atoms with E-state index in [0.717, 1.165) is 15.3 Å². The zero-order valence-electron chi connectivity index (χ0n) is 10.9. The van der Waals surface area contributed by atoms with Crippen LogP contribution in [-0.2, 0) is 6.42 Å². The van der Waals surface area contributed by atoms with Crippen LogP contribution in [0, 0.1) is 16.5 Å². The average molecular weight is 297 g/mol. The van der Waals surface area contributed by atoms with Gasteiger partial charge in [0.05, 0.1) is 28.3 Å². The molecule has 2 N–H and O–H groups in total. The Hall–Kier alpha value is -2.30.